The van der Waals surface area contributed by atoms with E-state index < -0.39 is 0 Å². The molecule has 0 aromatic heterocycles. The van der Waals surface area contributed by atoms with E-state index in [1.165, 1.54) is 0 Å². The first-order valence-corrected chi connectivity index (χ1v) is 10.6. The minimum Gasteiger partial charge on any atom is -0.489 e. The second-order valence-electron chi connectivity index (χ2n) is 7.66. The lowest BCUT2D eigenvalue weighted by Gasteiger charge is -2.10. The van der Waals surface area contributed by atoms with Crippen molar-refractivity contribution in [1.29, 1.82) is 0 Å². The van der Waals surface area contributed by atoms with E-state index in [0.29, 0.717) is 34.9 Å². The summed E-state index contributed by atoms with van der Waals surface area (Å²) < 4.78 is 5.81. The fourth-order valence-corrected chi connectivity index (χ4v) is 3.30. The molecule has 0 aliphatic carbocycles. The molecular formula is C28H24N2O3. The maximum Gasteiger partial charge on any atom is 0.255 e. The number of benzene rings is 4. The van der Waals surface area contributed by atoms with Crippen LogP contribution in [0.1, 0.15) is 31.8 Å². The normalized spacial score (nSPS) is 10.3. The van der Waals surface area contributed by atoms with Crippen LogP contribution in [0.4, 0.5) is 11.4 Å². The summed E-state index contributed by atoms with van der Waals surface area (Å²) in [5.41, 5.74) is 4.45. The zero-order valence-electron chi connectivity index (χ0n) is 18.2. The summed E-state index contributed by atoms with van der Waals surface area (Å²) in [5.74, 6) is 0.209. The SMILES string of the molecule is Cc1cccc(C(=O)Nc2ccc(NC(=O)c3cccc(OCc4ccccc4)c3)cc2)c1. The molecule has 2 N–H and O–H groups in total. The van der Waals surface area contributed by atoms with Gasteiger partial charge in [0.2, 0.25) is 0 Å². The summed E-state index contributed by atoms with van der Waals surface area (Å²) in [5, 5.41) is 5.74. The molecule has 2 amide bonds. The molecule has 5 heteroatoms. The Kier molecular flexibility index (Phi) is 6.81. The molecule has 0 unspecified atom stereocenters. The Bertz CT molecular complexity index is 1250. The molecule has 0 atom stereocenters. The first kappa shape index (κ1) is 21.8. The molecule has 33 heavy (non-hydrogen) atoms. The van der Waals surface area contributed by atoms with Gasteiger partial charge in [-0.15, -0.1) is 0 Å². The van der Waals surface area contributed by atoms with Gasteiger partial charge in [0.15, 0.2) is 0 Å². The summed E-state index contributed by atoms with van der Waals surface area (Å²) in [6.07, 6.45) is 0. The highest BCUT2D eigenvalue weighted by Gasteiger charge is 2.09. The largest absolute Gasteiger partial charge is 0.489 e. The molecule has 4 rings (SSSR count). The second-order valence-corrected chi connectivity index (χ2v) is 7.66. The van der Waals surface area contributed by atoms with E-state index in [-0.39, 0.29) is 11.8 Å². The molecule has 0 aliphatic rings. The minimum absolute atomic E-state index is 0.178. The molecule has 5 nitrogen and oxygen atoms in total. The smallest absolute Gasteiger partial charge is 0.255 e. The quantitative estimate of drug-likeness (QED) is 0.369. The number of amides is 2. The van der Waals surface area contributed by atoms with Crippen LogP contribution in [0, 0.1) is 6.92 Å². The lowest BCUT2D eigenvalue weighted by molar-refractivity contribution is 0.101. The summed E-state index contributed by atoms with van der Waals surface area (Å²) in [6, 6.07) is 31.3. The van der Waals surface area contributed by atoms with E-state index in [9.17, 15) is 9.59 Å². The van der Waals surface area contributed by atoms with Gasteiger partial charge in [0.1, 0.15) is 12.4 Å². The molecule has 164 valence electrons. The van der Waals surface area contributed by atoms with Gasteiger partial charge >= 0.3 is 0 Å². The molecule has 0 heterocycles. The molecular weight excluding hydrogens is 412 g/mol. The fourth-order valence-electron chi connectivity index (χ4n) is 3.30. The molecule has 0 aliphatic heterocycles. The van der Waals surface area contributed by atoms with E-state index in [4.69, 9.17) is 4.74 Å². The molecule has 0 bridgehead atoms. The lowest BCUT2D eigenvalue weighted by Crippen LogP contribution is -2.13. The van der Waals surface area contributed by atoms with Crippen LogP contribution in [-0.2, 0) is 6.61 Å². The minimum atomic E-state index is -0.239. The number of carbonyl (C=O) groups is 2. The van der Waals surface area contributed by atoms with Crippen molar-refractivity contribution in [1.82, 2.24) is 0 Å². The first-order valence-electron chi connectivity index (χ1n) is 10.6. The van der Waals surface area contributed by atoms with Crippen LogP contribution in [0.25, 0.3) is 0 Å². The number of aryl methyl sites for hydroxylation is 1. The Hall–Kier alpha value is -4.38. The summed E-state index contributed by atoms with van der Waals surface area (Å²) in [6.45, 7) is 2.38. The predicted octanol–water partition coefficient (Wildman–Crippen LogP) is 6.08. The van der Waals surface area contributed by atoms with Gasteiger partial charge < -0.3 is 15.4 Å². The van der Waals surface area contributed by atoms with Crippen molar-refractivity contribution >= 4 is 23.2 Å². The van der Waals surface area contributed by atoms with Crippen molar-refractivity contribution in [2.45, 2.75) is 13.5 Å². The van der Waals surface area contributed by atoms with E-state index in [2.05, 4.69) is 10.6 Å². The third kappa shape index (κ3) is 6.08. The van der Waals surface area contributed by atoms with Crippen LogP contribution >= 0.6 is 0 Å². The van der Waals surface area contributed by atoms with Crippen LogP contribution in [0.3, 0.4) is 0 Å². The lowest BCUT2D eigenvalue weighted by atomic mass is 10.1. The van der Waals surface area contributed by atoms with E-state index in [0.717, 1.165) is 11.1 Å². The Morgan fingerprint density at radius 1 is 0.667 bits per heavy atom. The Balaban J connectivity index is 1.35. The topological polar surface area (TPSA) is 67.4 Å². The highest BCUT2D eigenvalue weighted by molar-refractivity contribution is 6.06. The monoisotopic (exact) mass is 436 g/mol. The fraction of sp³-hybridized carbons (Fsp3) is 0.0714. The zero-order chi connectivity index (χ0) is 23.0. The number of ether oxygens (including phenoxy) is 1. The molecule has 0 saturated heterocycles. The number of hydrogen-bond acceptors (Lipinski definition) is 3. The van der Waals surface area contributed by atoms with Crippen LogP contribution < -0.4 is 15.4 Å². The second kappa shape index (κ2) is 10.3. The Morgan fingerprint density at radius 3 is 1.85 bits per heavy atom. The van der Waals surface area contributed by atoms with Gasteiger partial charge in [-0.25, -0.2) is 0 Å². The molecule has 0 radical (unpaired) electrons. The molecule has 0 spiro atoms. The third-order valence-electron chi connectivity index (χ3n) is 5.03. The van der Waals surface area contributed by atoms with Gasteiger partial charge in [-0.2, -0.15) is 0 Å². The van der Waals surface area contributed by atoms with Crippen molar-refractivity contribution in [3.63, 3.8) is 0 Å². The van der Waals surface area contributed by atoms with Crippen molar-refractivity contribution in [3.05, 3.63) is 125 Å². The number of anilines is 2. The summed E-state index contributed by atoms with van der Waals surface area (Å²) in [4.78, 5) is 25.1. The van der Waals surface area contributed by atoms with Crippen LogP contribution in [0.15, 0.2) is 103 Å². The predicted molar refractivity (Wildman–Crippen MR) is 131 cm³/mol. The Labute approximate surface area is 193 Å². The van der Waals surface area contributed by atoms with Gasteiger partial charge in [0, 0.05) is 22.5 Å². The molecule has 4 aromatic rings. The average Bonchev–Trinajstić information content (AvgIpc) is 2.85. The highest BCUT2D eigenvalue weighted by Crippen LogP contribution is 2.19. The van der Waals surface area contributed by atoms with Crippen molar-refractivity contribution < 1.29 is 14.3 Å². The van der Waals surface area contributed by atoms with E-state index >= 15 is 0 Å². The summed E-state index contributed by atoms with van der Waals surface area (Å²) >= 11 is 0. The van der Waals surface area contributed by atoms with Gasteiger partial charge in [0.05, 0.1) is 0 Å². The zero-order valence-corrected chi connectivity index (χ0v) is 18.2. The standard InChI is InChI=1S/C28H24N2O3/c1-20-7-5-10-22(17-20)27(31)29-24-13-15-25(16-14-24)30-28(32)23-11-6-12-26(18-23)33-19-21-8-3-2-4-9-21/h2-18H,19H2,1H3,(H,29,31)(H,30,32). The van der Waals surface area contributed by atoms with Crippen molar-refractivity contribution in [3.8, 4) is 5.75 Å². The molecule has 0 fully saturated rings. The van der Waals surface area contributed by atoms with Crippen molar-refractivity contribution in [2.75, 3.05) is 10.6 Å². The van der Waals surface area contributed by atoms with Gasteiger partial charge in [-0.05, 0) is 67.1 Å². The van der Waals surface area contributed by atoms with Gasteiger partial charge in [0.25, 0.3) is 11.8 Å². The highest BCUT2D eigenvalue weighted by atomic mass is 16.5. The number of nitrogens with one attached hydrogen (secondary N) is 2. The number of carbonyl (C=O) groups excluding carboxylic acids is 2. The van der Waals surface area contributed by atoms with Gasteiger partial charge in [-0.1, -0.05) is 54.1 Å². The van der Waals surface area contributed by atoms with E-state index in [1.807, 2.05) is 61.5 Å². The third-order valence-corrected chi connectivity index (χ3v) is 5.03. The molecule has 4 aromatic carbocycles. The van der Waals surface area contributed by atoms with Crippen molar-refractivity contribution in [2.24, 2.45) is 0 Å². The maximum atomic E-state index is 12.7. The Morgan fingerprint density at radius 2 is 1.24 bits per heavy atom. The number of hydrogen-bond donors (Lipinski definition) is 2. The molecule has 0 saturated carbocycles. The average molecular weight is 437 g/mol. The maximum absolute atomic E-state index is 12.7. The van der Waals surface area contributed by atoms with Crippen LogP contribution in [-0.4, -0.2) is 11.8 Å². The number of rotatable bonds is 7. The summed E-state index contributed by atoms with van der Waals surface area (Å²) in [7, 11) is 0. The van der Waals surface area contributed by atoms with E-state index in [1.54, 1.807) is 48.5 Å². The van der Waals surface area contributed by atoms with Crippen LogP contribution in [0.5, 0.6) is 5.75 Å². The first-order chi connectivity index (χ1) is 16.1. The van der Waals surface area contributed by atoms with Gasteiger partial charge in [-0.3, -0.25) is 9.59 Å². The van der Waals surface area contributed by atoms with Crippen LogP contribution in [0.2, 0.25) is 0 Å².